The van der Waals surface area contributed by atoms with E-state index < -0.39 is 6.10 Å². The molecule has 1 atom stereocenters. The van der Waals surface area contributed by atoms with Crippen LogP contribution in [0.15, 0.2) is 18.3 Å². The fourth-order valence-corrected chi connectivity index (χ4v) is 1.11. The van der Waals surface area contributed by atoms with Crippen molar-refractivity contribution in [3.8, 4) is 5.88 Å². The first-order chi connectivity index (χ1) is 7.67. The lowest BCUT2D eigenvalue weighted by Crippen LogP contribution is -2.33. The molecule has 0 bridgehead atoms. The maximum atomic E-state index is 11.4. The third kappa shape index (κ3) is 3.51. The van der Waals surface area contributed by atoms with Crippen molar-refractivity contribution in [2.75, 3.05) is 14.2 Å². The van der Waals surface area contributed by atoms with Gasteiger partial charge in [0.25, 0.3) is 0 Å². The van der Waals surface area contributed by atoms with E-state index in [9.17, 15) is 4.79 Å². The third-order valence-electron chi connectivity index (χ3n) is 2.20. The molecule has 1 unspecified atom stereocenters. The van der Waals surface area contributed by atoms with Gasteiger partial charge in [0, 0.05) is 25.9 Å². The molecule has 0 aliphatic carbocycles. The van der Waals surface area contributed by atoms with Crippen molar-refractivity contribution in [2.24, 2.45) is 0 Å². The normalized spacial score (nSPS) is 11.9. The quantitative estimate of drug-likeness (QED) is 0.801. The van der Waals surface area contributed by atoms with E-state index in [1.807, 2.05) is 6.07 Å². The van der Waals surface area contributed by atoms with Gasteiger partial charge in [0.15, 0.2) is 0 Å². The van der Waals surface area contributed by atoms with E-state index in [2.05, 4.69) is 10.3 Å². The van der Waals surface area contributed by atoms with Crippen LogP contribution in [0.1, 0.15) is 12.5 Å². The molecule has 1 amide bonds. The Morgan fingerprint density at radius 1 is 1.56 bits per heavy atom. The second kappa shape index (κ2) is 6.07. The number of hydrogen-bond acceptors (Lipinski definition) is 4. The van der Waals surface area contributed by atoms with Gasteiger partial charge in [0.1, 0.15) is 6.10 Å². The molecule has 0 saturated heterocycles. The van der Waals surface area contributed by atoms with Gasteiger partial charge in [-0.15, -0.1) is 0 Å². The summed E-state index contributed by atoms with van der Waals surface area (Å²) >= 11 is 0. The summed E-state index contributed by atoms with van der Waals surface area (Å²) in [4.78, 5) is 15.4. The van der Waals surface area contributed by atoms with Crippen LogP contribution in [0.4, 0.5) is 0 Å². The molecule has 5 nitrogen and oxygen atoms in total. The first kappa shape index (κ1) is 12.4. The Morgan fingerprint density at radius 3 is 2.94 bits per heavy atom. The Labute approximate surface area is 94.8 Å². The van der Waals surface area contributed by atoms with Crippen LogP contribution in [0.25, 0.3) is 0 Å². The number of rotatable bonds is 5. The number of ether oxygens (including phenoxy) is 2. The van der Waals surface area contributed by atoms with Crippen molar-refractivity contribution < 1.29 is 14.3 Å². The van der Waals surface area contributed by atoms with Crippen LogP contribution < -0.4 is 10.1 Å². The number of carbonyl (C=O) groups is 1. The van der Waals surface area contributed by atoms with Gasteiger partial charge in [-0.3, -0.25) is 4.79 Å². The number of pyridine rings is 1. The number of carbonyl (C=O) groups excluding carboxylic acids is 1. The Hall–Kier alpha value is -1.62. The molecule has 1 aromatic heterocycles. The SMILES string of the molecule is COc1cc(CNC(=O)C(C)OC)ccn1. The van der Waals surface area contributed by atoms with E-state index >= 15 is 0 Å². The van der Waals surface area contributed by atoms with Gasteiger partial charge in [0.2, 0.25) is 11.8 Å². The Bertz CT molecular complexity index is 355. The van der Waals surface area contributed by atoms with Gasteiger partial charge in [-0.05, 0) is 18.6 Å². The summed E-state index contributed by atoms with van der Waals surface area (Å²) in [6.07, 6.45) is 1.20. The molecule has 1 rings (SSSR count). The second-order valence-electron chi connectivity index (χ2n) is 3.30. The molecule has 0 fully saturated rings. The highest BCUT2D eigenvalue weighted by atomic mass is 16.5. The molecule has 16 heavy (non-hydrogen) atoms. The highest BCUT2D eigenvalue weighted by Crippen LogP contribution is 2.08. The molecule has 1 aromatic rings. The van der Waals surface area contributed by atoms with Gasteiger partial charge in [-0.2, -0.15) is 0 Å². The topological polar surface area (TPSA) is 60.5 Å². The smallest absolute Gasteiger partial charge is 0.249 e. The van der Waals surface area contributed by atoms with Crippen molar-refractivity contribution in [3.05, 3.63) is 23.9 Å². The zero-order chi connectivity index (χ0) is 12.0. The maximum Gasteiger partial charge on any atom is 0.249 e. The van der Waals surface area contributed by atoms with Crippen LogP contribution in [0.2, 0.25) is 0 Å². The molecule has 5 heteroatoms. The van der Waals surface area contributed by atoms with Crippen LogP contribution in [0.5, 0.6) is 5.88 Å². The van der Waals surface area contributed by atoms with Crippen molar-refractivity contribution >= 4 is 5.91 Å². The highest BCUT2D eigenvalue weighted by molar-refractivity contribution is 5.80. The zero-order valence-electron chi connectivity index (χ0n) is 9.69. The van der Waals surface area contributed by atoms with Crippen LogP contribution in [-0.4, -0.2) is 31.2 Å². The molecular formula is C11H16N2O3. The first-order valence-electron chi connectivity index (χ1n) is 4.96. The Morgan fingerprint density at radius 2 is 2.31 bits per heavy atom. The summed E-state index contributed by atoms with van der Waals surface area (Å²) in [5.74, 6) is 0.393. The standard InChI is InChI=1S/C11H16N2O3/c1-8(15-2)11(14)13-7-9-4-5-12-10(6-9)16-3/h4-6,8H,7H2,1-3H3,(H,13,14). The lowest BCUT2D eigenvalue weighted by Gasteiger charge is -2.10. The fourth-order valence-electron chi connectivity index (χ4n) is 1.11. The molecule has 0 radical (unpaired) electrons. The van der Waals surface area contributed by atoms with Crippen molar-refractivity contribution in [2.45, 2.75) is 19.6 Å². The average Bonchev–Trinajstić information content (AvgIpc) is 2.35. The van der Waals surface area contributed by atoms with Gasteiger partial charge in [-0.25, -0.2) is 4.98 Å². The van der Waals surface area contributed by atoms with Crippen LogP contribution in [0.3, 0.4) is 0 Å². The van der Waals surface area contributed by atoms with Crippen molar-refractivity contribution in [3.63, 3.8) is 0 Å². The van der Waals surface area contributed by atoms with E-state index in [0.29, 0.717) is 12.4 Å². The summed E-state index contributed by atoms with van der Waals surface area (Å²) in [6, 6.07) is 3.60. The van der Waals surface area contributed by atoms with E-state index in [-0.39, 0.29) is 5.91 Å². The third-order valence-corrected chi connectivity index (χ3v) is 2.20. The summed E-state index contributed by atoms with van der Waals surface area (Å²) in [7, 11) is 3.05. The molecule has 1 heterocycles. The largest absolute Gasteiger partial charge is 0.481 e. The molecule has 0 aliphatic rings. The minimum atomic E-state index is -0.441. The van der Waals surface area contributed by atoms with E-state index in [1.165, 1.54) is 7.11 Å². The number of amides is 1. The first-order valence-corrected chi connectivity index (χ1v) is 4.96. The number of methoxy groups -OCH3 is 2. The predicted molar refractivity (Wildman–Crippen MR) is 59.1 cm³/mol. The summed E-state index contributed by atoms with van der Waals surface area (Å²) in [5.41, 5.74) is 0.934. The molecule has 0 aromatic carbocycles. The number of nitrogens with zero attached hydrogens (tertiary/aromatic N) is 1. The lowest BCUT2D eigenvalue weighted by molar-refractivity contribution is -0.130. The van der Waals surface area contributed by atoms with E-state index in [0.717, 1.165) is 5.56 Å². The van der Waals surface area contributed by atoms with E-state index in [1.54, 1.807) is 26.3 Å². The summed E-state index contributed by atoms with van der Waals surface area (Å²) in [6.45, 7) is 2.13. The van der Waals surface area contributed by atoms with Gasteiger partial charge >= 0.3 is 0 Å². The van der Waals surface area contributed by atoms with Gasteiger partial charge in [-0.1, -0.05) is 0 Å². The van der Waals surface area contributed by atoms with Crippen LogP contribution in [-0.2, 0) is 16.1 Å². The Balaban J connectivity index is 2.51. The Kier molecular flexibility index (Phi) is 4.72. The van der Waals surface area contributed by atoms with Crippen LogP contribution in [0, 0.1) is 0 Å². The van der Waals surface area contributed by atoms with Crippen molar-refractivity contribution in [1.29, 1.82) is 0 Å². The predicted octanol–water partition coefficient (Wildman–Crippen LogP) is 0.741. The molecule has 0 aliphatic heterocycles. The second-order valence-corrected chi connectivity index (χ2v) is 3.30. The number of nitrogens with one attached hydrogen (secondary N) is 1. The molecule has 1 N–H and O–H groups in total. The average molecular weight is 224 g/mol. The number of hydrogen-bond donors (Lipinski definition) is 1. The fraction of sp³-hybridized carbons (Fsp3) is 0.455. The zero-order valence-corrected chi connectivity index (χ0v) is 9.69. The number of aromatic nitrogens is 1. The van der Waals surface area contributed by atoms with Crippen molar-refractivity contribution in [1.82, 2.24) is 10.3 Å². The molecular weight excluding hydrogens is 208 g/mol. The maximum absolute atomic E-state index is 11.4. The monoisotopic (exact) mass is 224 g/mol. The lowest BCUT2D eigenvalue weighted by atomic mass is 10.2. The molecule has 0 spiro atoms. The van der Waals surface area contributed by atoms with Crippen LogP contribution >= 0.6 is 0 Å². The summed E-state index contributed by atoms with van der Waals surface area (Å²) < 4.78 is 9.88. The van der Waals surface area contributed by atoms with Gasteiger partial charge < -0.3 is 14.8 Å². The molecule has 0 saturated carbocycles. The minimum Gasteiger partial charge on any atom is -0.481 e. The minimum absolute atomic E-state index is 0.140. The summed E-state index contributed by atoms with van der Waals surface area (Å²) in [5, 5.41) is 2.75. The van der Waals surface area contributed by atoms with E-state index in [4.69, 9.17) is 9.47 Å². The molecule has 88 valence electrons. The highest BCUT2D eigenvalue weighted by Gasteiger charge is 2.10. The van der Waals surface area contributed by atoms with Gasteiger partial charge in [0.05, 0.1) is 7.11 Å².